The number of fused-ring (bicyclic) bond motifs is 1. The number of amides is 2. The van der Waals surface area contributed by atoms with Crippen molar-refractivity contribution in [1.82, 2.24) is 5.32 Å². The Morgan fingerprint density at radius 3 is 2.79 bits per heavy atom. The summed E-state index contributed by atoms with van der Waals surface area (Å²) < 4.78 is 5.41. The van der Waals surface area contributed by atoms with Gasteiger partial charge in [0.05, 0.1) is 5.69 Å². The highest BCUT2D eigenvalue weighted by Gasteiger charge is 2.28. The molecule has 1 saturated heterocycles. The Morgan fingerprint density at radius 1 is 1.18 bits per heavy atom. The predicted molar refractivity (Wildman–Crippen MR) is 109 cm³/mol. The van der Waals surface area contributed by atoms with Gasteiger partial charge in [0.25, 0.3) is 5.91 Å². The van der Waals surface area contributed by atoms with E-state index in [-0.39, 0.29) is 25.0 Å². The van der Waals surface area contributed by atoms with Crippen molar-refractivity contribution >= 4 is 34.8 Å². The monoisotopic (exact) mass is 399 g/mol. The Morgan fingerprint density at radius 2 is 1.96 bits per heavy atom. The van der Waals surface area contributed by atoms with Crippen molar-refractivity contribution in [3.63, 3.8) is 0 Å². The van der Waals surface area contributed by atoms with Gasteiger partial charge in [0, 0.05) is 30.3 Å². The molecular formula is C21H22ClN3O3. The fourth-order valence-electron chi connectivity index (χ4n) is 3.67. The molecule has 0 spiro atoms. The molecule has 2 aromatic rings. The van der Waals surface area contributed by atoms with Crippen LogP contribution >= 0.6 is 11.6 Å². The number of ether oxygens (including phenoxy) is 1. The van der Waals surface area contributed by atoms with Crippen LogP contribution in [0.1, 0.15) is 6.42 Å². The van der Waals surface area contributed by atoms with Gasteiger partial charge in [-0.15, -0.1) is 0 Å². The molecule has 2 heterocycles. The second-order valence-corrected chi connectivity index (χ2v) is 7.55. The van der Waals surface area contributed by atoms with Gasteiger partial charge in [-0.05, 0) is 48.7 Å². The third kappa shape index (κ3) is 4.07. The molecule has 2 aliphatic rings. The molecular weight excluding hydrogens is 378 g/mol. The Balaban J connectivity index is 1.29. The standard InChI is InChI=1S/C21H22ClN3O3/c22-16-5-7-17(8-6-16)24-10-9-15(12-24)11-23-20(26)13-25-18-3-1-2-4-19(18)28-14-21(25)27/h1-8,15H,9-14H2,(H,23,26). The number of carbonyl (C=O) groups excluding carboxylic acids is 2. The lowest BCUT2D eigenvalue weighted by molar-refractivity contribution is -0.125. The number of hydrogen-bond acceptors (Lipinski definition) is 4. The van der Waals surface area contributed by atoms with Crippen LogP contribution in [0.25, 0.3) is 0 Å². The maximum Gasteiger partial charge on any atom is 0.265 e. The van der Waals surface area contributed by atoms with Gasteiger partial charge in [0.2, 0.25) is 5.91 Å². The van der Waals surface area contributed by atoms with Gasteiger partial charge in [0.15, 0.2) is 6.61 Å². The van der Waals surface area contributed by atoms with Crippen molar-refractivity contribution < 1.29 is 14.3 Å². The zero-order valence-corrected chi connectivity index (χ0v) is 16.2. The van der Waals surface area contributed by atoms with Crippen molar-refractivity contribution in [2.45, 2.75) is 6.42 Å². The summed E-state index contributed by atoms with van der Waals surface area (Å²) in [5.74, 6) is 0.648. The Labute approximate surface area is 169 Å². The first-order valence-corrected chi connectivity index (χ1v) is 9.77. The molecule has 0 radical (unpaired) electrons. The number of carbonyl (C=O) groups is 2. The van der Waals surface area contributed by atoms with Crippen molar-refractivity contribution in [1.29, 1.82) is 0 Å². The zero-order valence-electron chi connectivity index (χ0n) is 15.4. The maximum absolute atomic E-state index is 12.4. The highest BCUT2D eigenvalue weighted by atomic mass is 35.5. The van der Waals surface area contributed by atoms with Crippen LogP contribution in [0.15, 0.2) is 48.5 Å². The van der Waals surface area contributed by atoms with E-state index in [2.05, 4.69) is 10.2 Å². The highest BCUT2D eigenvalue weighted by molar-refractivity contribution is 6.30. The van der Waals surface area contributed by atoms with Gasteiger partial charge in [-0.2, -0.15) is 0 Å². The van der Waals surface area contributed by atoms with Gasteiger partial charge in [-0.1, -0.05) is 23.7 Å². The summed E-state index contributed by atoms with van der Waals surface area (Å²) in [6.07, 6.45) is 1.02. The summed E-state index contributed by atoms with van der Waals surface area (Å²) in [6, 6.07) is 15.1. The topological polar surface area (TPSA) is 61.9 Å². The van der Waals surface area contributed by atoms with E-state index in [1.54, 1.807) is 12.1 Å². The summed E-state index contributed by atoms with van der Waals surface area (Å²) in [5.41, 5.74) is 1.79. The molecule has 28 heavy (non-hydrogen) atoms. The fourth-order valence-corrected chi connectivity index (χ4v) is 3.80. The molecule has 146 valence electrons. The number of benzene rings is 2. The van der Waals surface area contributed by atoms with Crippen molar-refractivity contribution in [2.75, 3.05) is 42.6 Å². The summed E-state index contributed by atoms with van der Waals surface area (Å²) in [6.45, 7) is 2.41. The Bertz CT molecular complexity index is 871. The van der Waals surface area contributed by atoms with E-state index in [4.69, 9.17) is 16.3 Å². The van der Waals surface area contributed by atoms with E-state index in [1.165, 1.54) is 4.90 Å². The van der Waals surface area contributed by atoms with Crippen LogP contribution in [-0.4, -0.2) is 44.6 Å². The number of anilines is 2. The molecule has 1 atom stereocenters. The van der Waals surface area contributed by atoms with Gasteiger partial charge >= 0.3 is 0 Å². The minimum Gasteiger partial charge on any atom is -0.482 e. The largest absolute Gasteiger partial charge is 0.482 e. The number of para-hydroxylation sites is 2. The Hall–Kier alpha value is -2.73. The van der Waals surface area contributed by atoms with Gasteiger partial charge in [0.1, 0.15) is 12.3 Å². The molecule has 0 saturated carbocycles. The maximum atomic E-state index is 12.4. The lowest BCUT2D eigenvalue weighted by Crippen LogP contribution is -2.46. The summed E-state index contributed by atoms with van der Waals surface area (Å²) in [5, 5.41) is 3.71. The number of nitrogens with zero attached hydrogens (tertiary/aromatic N) is 2. The number of hydrogen-bond donors (Lipinski definition) is 1. The molecule has 2 amide bonds. The molecule has 1 fully saturated rings. The molecule has 4 rings (SSSR count). The number of halogens is 1. The first-order valence-electron chi connectivity index (χ1n) is 9.39. The van der Waals surface area contributed by atoms with Crippen LogP contribution in [0.4, 0.5) is 11.4 Å². The summed E-state index contributed by atoms with van der Waals surface area (Å²) in [4.78, 5) is 28.4. The van der Waals surface area contributed by atoms with E-state index in [0.717, 1.165) is 30.2 Å². The van der Waals surface area contributed by atoms with E-state index in [9.17, 15) is 9.59 Å². The lowest BCUT2D eigenvalue weighted by atomic mass is 10.1. The molecule has 0 aliphatic carbocycles. The number of rotatable bonds is 5. The molecule has 2 aromatic carbocycles. The second-order valence-electron chi connectivity index (χ2n) is 7.12. The lowest BCUT2D eigenvalue weighted by Gasteiger charge is -2.28. The molecule has 1 N–H and O–H groups in total. The zero-order chi connectivity index (χ0) is 19.5. The molecule has 7 heteroatoms. The van der Waals surface area contributed by atoms with Gasteiger partial charge in [-0.25, -0.2) is 0 Å². The van der Waals surface area contributed by atoms with E-state index in [0.29, 0.717) is 23.9 Å². The van der Waals surface area contributed by atoms with Crippen LogP contribution in [0.3, 0.4) is 0 Å². The highest BCUT2D eigenvalue weighted by Crippen LogP contribution is 2.31. The quantitative estimate of drug-likeness (QED) is 0.839. The second kappa shape index (κ2) is 8.10. The Kier molecular flexibility index (Phi) is 5.39. The van der Waals surface area contributed by atoms with Crippen LogP contribution < -0.4 is 19.9 Å². The summed E-state index contributed by atoms with van der Waals surface area (Å²) in [7, 11) is 0. The molecule has 1 unspecified atom stereocenters. The van der Waals surface area contributed by atoms with Crippen molar-refractivity contribution in [3.8, 4) is 5.75 Å². The van der Waals surface area contributed by atoms with E-state index in [1.807, 2.05) is 36.4 Å². The molecule has 6 nitrogen and oxygen atoms in total. The smallest absolute Gasteiger partial charge is 0.265 e. The minimum atomic E-state index is -0.205. The molecule has 2 aliphatic heterocycles. The van der Waals surface area contributed by atoms with Crippen molar-refractivity contribution in [2.24, 2.45) is 5.92 Å². The van der Waals surface area contributed by atoms with Gasteiger partial charge in [-0.3, -0.25) is 14.5 Å². The fraction of sp³-hybridized carbons (Fsp3) is 0.333. The minimum absolute atomic E-state index is 0.00677. The normalized spacial score (nSPS) is 18.6. The average Bonchev–Trinajstić information content (AvgIpc) is 3.18. The summed E-state index contributed by atoms with van der Waals surface area (Å²) >= 11 is 5.95. The van der Waals surface area contributed by atoms with Gasteiger partial charge < -0.3 is 15.0 Å². The first-order chi connectivity index (χ1) is 13.6. The first kappa shape index (κ1) is 18.6. The predicted octanol–water partition coefficient (Wildman–Crippen LogP) is 2.71. The average molecular weight is 400 g/mol. The van der Waals surface area contributed by atoms with Crippen molar-refractivity contribution in [3.05, 3.63) is 53.6 Å². The third-order valence-corrected chi connectivity index (χ3v) is 5.43. The third-order valence-electron chi connectivity index (χ3n) is 5.18. The van der Waals surface area contributed by atoms with Crippen LogP contribution in [0.2, 0.25) is 5.02 Å². The van der Waals surface area contributed by atoms with Crippen LogP contribution in [0.5, 0.6) is 5.75 Å². The van der Waals surface area contributed by atoms with E-state index >= 15 is 0 Å². The SMILES string of the molecule is O=C(CN1C(=O)COc2ccccc21)NCC1CCN(c2ccc(Cl)cc2)C1. The number of nitrogens with one attached hydrogen (secondary N) is 1. The van der Waals surface area contributed by atoms with E-state index < -0.39 is 0 Å². The molecule has 0 aromatic heterocycles. The molecule has 0 bridgehead atoms. The van der Waals surface area contributed by atoms with Crippen LogP contribution in [-0.2, 0) is 9.59 Å². The van der Waals surface area contributed by atoms with Crippen LogP contribution in [0, 0.1) is 5.92 Å².